The molecule has 2 amide bonds. The normalized spacial score (nSPS) is 26.3. The van der Waals surface area contributed by atoms with Crippen molar-refractivity contribution in [2.75, 3.05) is 18.0 Å². The summed E-state index contributed by atoms with van der Waals surface area (Å²) in [6, 6.07) is 5.63. The number of hydrogen-bond donors (Lipinski definition) is 2. The van der Waals surface area contributed by atoms with Crippen molar-refractivity contribution in [3.05, 3.63) is 30.1 Å². The highest BCUT2D eigenvalue weighted by Crippen LogP contribution is 2.31. The van der Waals surface area contributed by atoms with Gasteiger partial charge >= 0.3 is 0 Å². The van der Waals surface area contributed by atoms with Crippen LogP contribution in [-0.4, -0.2) is 30.9 Å². The van der Waals surface area contributed by atoms with Crippen molar-refractivity contribution in [1.82, 2.24) is 5.32 Å². The summed E-state index contributed by atoms with van der Waals surface area (Å²) in [6.45, 7) is 0.910. The van der Waals surface area contributed by atoms with Gasteiger partial charge in [0.25, 0.3) is 0 Å². The Hall–Kier alpha value is -1.66. The fourth-order valence-electron chi connectivity index (χ4n) is 3.67. The highest BCUT2D eigenvalue weighted by molar-refractivity contribution is 6.01. The first-order valence-corrected chi connectivity index (χ1v) is 8.18. The van der Waals surface area contributed by atoms with Crippen molar-refractivity contribution >= 4 is 29.9 Å². The number of amides is 2. The van der Waals surface area contributed by atoms with Crippen LogP contribution in [0.2, 0.25) is 0 Å². The number of carbonyl (C=O) groups excluding carboxylic acids is 2. The number of anilines is 1. The van der Waals surface area contributed by atoms with Gasteiger partial charge in [-0.3, -0.25) is 9.59 Å². The van der Waals surface area contributed by atoms with Crippen LogP contribution >= 0.6 is 12.4 Å². The molecule has 0 aromatic heterocycles. The average Bonchev–Trinajstić information content (AvgIpc) is 3.16. The Balaban J connectivity index is 0.00000208. The van der Waals surface area contributed by atoms with Crippen LogP contribution in [0.25, 0.3) is 0 Å². The molecular weight excluding hydrogens is 333 g/mol. The first-order chi connectivity index (χ1) is 11.1. The van der Waals surface area contributed by atoms with Crippen LogP contribution in [0.1, 0.15) is 25.7 Å². The Labute approximate surface area is 147 Å². The van der Waals surface area contributed by atoms with Gasteiger partial charge in [-0.25, -0.2) is 4.39 Å². The molecule has 2 fully saturated rings. The topological polar surface area (TPSA) is 75.4 Å². The molecule has 3 N–H and O–H groups in total. The van der Waals surface area contributed by atoms with E-state index in [4.69, 9.17) is 5.73 Å². The molecule has 5 nitrogen and oxygen atoms in total. The Morgan fingerprint density at radius 3 is 2.75 bits per heavy atom. The van der Waals surface area contributed by atoms with Crippen molar-refractivity contribution in [3.63, 3.8) is 0 Å². The van der Waals surface area contributed by atoms with Gasteiger partial charge in [-0.2, -0.15) is 0 Å². The van der Waals surface area contributed by atoms with E-state index in [0.29, 0.717) is 19.5 Å². The monoisotopic (exact) mass is 355 g/mol. The summed E-state index contributed by atoms with van der Waals surface area (Å²) in [4.78, 5) is 26.3. The lowest BCUT2D eigenvalue weighted by molar-refractivity contribution is -0.129. The highest BCUT2D eigenvalue weighted by Gasteiger charge is 2.38. The number of rotatable bonds is 4. The zero-order chi connectivity index (χ0) is 16.4. The SMILES string of the molecule is Cl.NC[C@H]1CCC[C@H]1C(=O)NC1CCN(c2ccccc2F)C1=O. The van der Waals surface area contributed by atoms with E-state index in [1.807, 2.05) is 0 Å². The summed E-state index contributed by atoms with van der Waals surface area (Å²) in [5.74, 6) is -0.659. The number of para-hydroxylation sites is 1. The fourth-order valence-corrected chi connectivity index (χ4v) is 3.67. The molecule has 1 aromatic carbocycles. The molecule has 1 heterocycles. The molecular formula is C17H23ClFN3O2. The van der Waals surface area contributed by atoms with Crippen molar-refractivity contribution in [3.8, 4) is 0 Å². The predicted molar refractivity (Wildman–Crippen MR) is 92.4 cm³/mol. The fraction of sp³-hybridized carbons (Fsp3) is 0.529. The van der Waals surface area contributed by atoms with Crippen LogP contribution in [-0.2, 0) is 9.59 Å². The summed E-state index contributed by atoms with van der Waals surface area (Å²) in [5, 5.41) is 2.85. The largest absolute Gasteiger partial charge is 0.344 e. The molecule has 1 saturated heterocycles. The molecule has 7 heteroatoms. The maximum absolute atomic E-state index is 13.9. The van der Waals surface area contributed by atoms with Crippen molar-refractivity contribution in [2.24, 2.45) is 17.6 Å². The minimum Gasteiger partial charge on any atom is -0.344 e. The van der Waals surface area contributed by atoms with E-state index in [1.165, 1.54) is 11.0 Å². The summed E-state index contributed by atoms with van der Waals surface area (Å²) >= 11 is 0. The third kappa shape index (κ3) is 3.54. The number of carbonyl (C=O) groups is 2. The van der Waals surface area contributed by atoms with Crippen molar-refractivity contribution < 1.29 is 14.0 Å². The van der Waals surface area contributed by atoms with Crippen LogP contribution in [0.15, 0.2) is 24.3 Å². The molecule has 1 unspecified atom stereocenters. The minimum atomic E-state index is -0.568. The van der Waals surface area contributed by atoms with Gasteiger partial charge < -0.3 is 16.0 Å². The van der Waals surface area contributed by atoms with E-state index in [0.717, 1.165) is 19.3 Å². The second-order valence-electron chi connectivity index (χ2n) is 6.32. The molecule has 1 aliphatic heterocycles. The Morgan fingerprint density at radius 2 is 2.04 bits per heavy atom. The van der Waals surface area contributed by atoms with Crippen LogP contribution in [0.3, 0.4) is 0 Å². The lowest BCUT2D eigenvalue weighted by atomic mass is 9.95. The molecule has 24 heavy (non-hydrogen) atoms. The molecule has 132 valence electrons. The van der Waals surface area contributed by atoms with Crippen molar-refractivity contribution in [2.45, 2.75) is 31.7 Å². The second kappa shape index (κ2) is 7.94. The molecule has 0 spiro atoms. The Morgan fingerprint density at radius 1 is 1.29 bits per heavy atom. The second-order valence-corrected chi connectivity index (χ2v) is 6.32. The van der Waals surface area contributed by atoms with E-state index in [9.17, 15) is 14.0 Å². The van der Waals surface area contributed by atoms with Gasteiger partial charge in [0, 0.05) is 12.5 Å². The average molecular weight is 356 g/mol. The van der Waals surface area contributed by atoms with Crippen LogP contribution in [0, 0.1) is 17.7 Å². The molecule has 3 atom stereocenters. The van der Waals surface area contributed by atoms with Crippen LogP contribution in [0.4, 0.5) is 10.1 Å². The molecule has 0 radical (unpaired) electrons. The first kappa shape index (κ1) is 18.7. The van der Waals surface area contributed by atoms with Crippen molar-refractivity contribution in [1.29, 1.82) is 0 Å². The maximum Gasteiger partial charge on any atom is 0.249 e. The van der Waals surface area contributed by atoms with Gasteiger partial charge in [0.1, 0.15) is 11.9 Å². The maximum atomic E-state index is 13.9. The molecule has 2 aliphatic rings. The van der Waals surface area contributed by atoms with E-state index in [2.05, 4.69) is 5.32 Å². The first-order valence-electron chi connectivity index (χ1n) is 8.18. The zero-order valence-electron chi connectivity index (χ0n) is 13.4. The van der Waals surface area contributed by atoms with Gasteiger partial charge in [-0.05, 0) is 43.9 Å². The van der Waals surface area contributed by atoms with E-state index in [-0.39, 0.29) is 41.7 Å². The predicted octanol–water partition coefficient (Wildman–Crippen LogP) is 1.84. The summed E-state index contributed by atoms with van der Waals surface area (Å²) in [5.41, 5.74) is 5.99. The third-order valence-electron chi connectivity index (χ3n) is 4.96. The molecule has 0 bridgehead atoms. The van der Waals surface area contributed by atoms with Gasteiger partial charge in [0.15, 0.2) is 0 Å². The van der Waals surface area contributed by atoms with Crippen LogP contribution in [0.5, 0.6) is 0 Å². The number of nitrogens with two attached hydrogens (primary N) is 1. The minimum absolute atomic E-state index is 0. The summed E-state index contributed by atoms with van der Waals surface area (Å²) < 4.78 is 13.9. The third-order valence-corrected chi connectivity index (χ3v) is 4.96. The number of hydrogen-bond acceptors (Lipinski definition) is 3. The Bertz CT molecular complexity index is 613. The van der Waals surface area contributed by atoms with E-state index >= 15 is 0 Å². The molecule has 1 aliphatic carbocycles. The highest BCUT2D eigenvalue weighted by atomic mass is 35.5. The quantitative estimate of drug-likeness (QED) is 0.865. The summed E-state index contributed by atoms with van der Waals surface area (Å²) in [7, 11) is 0. The lowest BCUT2D eigenvalue weighted by Gasteiger charge is -2.21. The number of nitrogens with one attached hydrogen (secondary N) is 1. The Kier molecular flexibility index (Phi) is 6.18. The number of halogens is 2. The standard InChI is InChI=1S/C17H22FN3O2.ClH/c18-13-6-1-2-7-15(13)21-9-8-14(17(21)23)20-16(22)12-5-3-4-11(12)10-19;/h1-2,6-7,11-12,14H,3-5,8-10,19H2,(H,20,22);1H/t11-,12-,14?;/m1./s1. The van der Waals surface area contributed by atoms with E-state index in [1.54, 1.807) is 18.2 Å². The van der Waals surface area contributed by atoms with Crippen LogP contribution < -0.4 is 16.0 Å². The number of benzene rings is 1. The van der Waals surface area contributed by atoms with Gasteiger partial charge in [0.2, 0.25) is 11.8 Å². The van der Waals surface area contributed by atoms with E-state index < -0.39 is 11.9 Å². The number of nitrogens with zero attached hydrogens (tertiary/aromatic N) is 1. The molecule has 3 rings (SSSR count). The summed E-state index contributed by atoms with van der Waals surface area (Å²) in [6.07, 6.45) is 3.29. The molecule has 1 aromatic rings. The smallest absolute Gasteiger partial charge is 0.249 e. The van der Waals surface area contributed by atoms with Gasteiger partial charge in [-0.1, -0.05) is 18.6 Å². The van der Waals surface area contributed by atoms with Gasteiger partial charge in [0.05, 0.1) is 5.69 Å². The zero-order valence-corrected chi connectivity index (χ0v) is 14.2. The molecule has 1 saturated carbocycles. The van der Waals surface area contributed by atoms with Gasteiger partial charge in [-0.15, -0.1) is 12.4 Å². The lowest BCUT2D eigenvalue weighted by Crippen LogP contribution is -2.45.